The zero-order valence-electron chi connectivity index (χ0n) is 13.3. The van der Waals surface area contributed by atoms with Crippen LogP contribution in [-0.2, 0) is 6.42 Å². The Morgan fingerprint density at radius 3 is 2.71 bits per heavy atom. The summed E-state index contributed by atoms with van der Waals surface area (Å²) in [6.07, 6.45) is 5.77. The molecular formula is C19H27NO. The molecule has 3 atom stereocenters. The van der Waals surface area contributed by atoms with E-state index in [4.69, 9.17) is 0 Å². The summed E-state index contributed by atoms with van der Waals surface area (Å²) in [5.41, 5.74) is 2.21. The van der Waals surface area contributed by atoms with E-state index in [0.29, 0.717) is 24.2 Å². The average molecular weight is 285 g/mol. The van der Waals surface area contributed by atoms with Crippen LogP contribution in [-0.4, -0.2) is 18.4 Å². The molecule has 1 aromatic carbocycles. The lowest BCUT2D eigenvalue weighted by Gasteiger charge is -2.17. The fraction of sp³-hybridized carbons (Fsp3) is 0.632. The van der Waals surface area contributed by atoms with Gasteiger partial charge in [-0.3, -0.25) is 4.79 Å². The number of hydrogen-bond acceptors (Lipinski definition) is 2. The Morgan fingerprint density at radius 1 is 1.24 bits per heavy atom. The number of ketones is 1. The largest absolute Gasteiger partial charge is 0.313 e. The Kier molecular flexibility index (Phi) is 4.44. The van der Waals surface area contributed by atoms with Gasteiger partial charge in [0.2, 0.25) is 0 Å². The van der Waals surface area contributed by atoms with Crippen LogP contribution in [0, 0.1) is 17.8 Å². The van der Waals surface area contributed by atoms with E-state index in [1.54, 1.807) is 0 Å². The van der Waals surface area contributed by atoms with Crippen molar-refractivity contribution in [3.8, 4) is 0 Å². The summed E-state index contributed by atoms with van der Waals surface area (Å²) in [4.78, 5) is 12.5. The highest BCUT2D eigenvalue weighted by molar-refractivity contribution is 5.96. The monoisotopic (exact) mass is 285 g/mol. The maximum Gasteiger partial charge on any atom is 0.164 e. The minimum atomic E-state index is 0.302. The number of nitrogens with one attached hydrogen (secondary N) is 1. The lowest BCUT2D eigenvalue weighted by Crippen LogP contribution is -2.29. The van der Waals surface area contributed by atoms with Crippen molar-refractivity contribution in [2.24, 2.45) is 17.8 Å². The van der Waals surface area contributed by atoms with Crippen molar-refractivity contribution in [3.63, 3.8) is 0 Å². The molecule has 1 aliphatic carbocycles. The summed E-state index contributed by atoms with van der Waals surface area (Å²) in [5.74, 6) is 2.54. The molecule has 2 aliphatic rings. The van der Waals surface area contributed by atoms with E-state index in [-0.39, 0.29) is 0 Å². The second kappa shape index (κ2) is 6.31. The Morgan fingerprint density at radius 2 is 2.00 bits per heavy atom. The van der Waals surface area contributed by atoms with E-state index in [9.17, 15) is 4.79 Å². The summed E-state index contributed by atoms with van der Waals surface area (Å²) < 4.78 is 0. The van der Waals surface area contributed by atoms with Crippen molar-refractivity contribution in [1.82, 2.24) is 5.32 Å². The van der Waals surface area contributed by atoms with Crippen molar-refractivity contribution in [3.05, 3.63) is 35.4 Å². The first-order valence-electron chi connectivity index (χ1n) is 8.49. The molecule has 1 saturated heterocycles. The van der Waals surface area contributed by atoms with Gasteiger partial charge in [-0.2, -0.15) is 0 Å². The highest BCUT2D eigenvalue weighted by Gasteiger charge is 2.39. The first-order chi connectivity index (χ1) is 10.1. The second-order valence-corrected chi connectivity index (χ2v) is 7.29. The van der Waals surface area contributed by atoms with Crippen LogP contribution in [0.4, 0.5) is 0 Å². The molecule has 2 fully saturated rings. The zero-order chi connectivity index (χ0) is 14.8. The molecule has 1 aliphatic heterocycles. The number of Topliss-reactive ketones (excluding diaryl/α,β-unsaturated/α-hetero) is 1. The van der Waals surface area contributed by atoms with Gasteiger partial charge in [-0.1, -0.05) is 44.5 Å². The topological polar surface area (TPSA) is 29.1 Å². The molecule has 2 nitrogen and oxygen atoms in total. The lowest BCUT2D eigenvalue weighted by molar-refractivity contribution is 0.0963. The van der Waals surface area contributed by atoms with Crippen LogP contribution in [0.15, 0.2) is 24.3 Å². The van der Waals surface area contributed by atoms with Crippen molar-refractivity contribution in [1.29, 1.82) is 0 Å². The summed E-state index contributed by atoms with van der Waals surface area (Å²) in [6.45, 7) is 5.57. The van der Waals surface area contributed by atoms with Crippen molar-refractivity contribution in [2.45, 2.75) is 52.0 Å². The molecule has 0 spiro atoms. The van der Waals surface area contributed by atoms with E-state index in [2.05, 4.69) is 31.3 Å². The number of carbonyl (C=O) groups is 1. The summed E-state index contributed by atoms with van der Waals surface area (Å²) in [6, 6.07) is 8.68. The smallest absolute Gasteiger partial charge is 0.164 e. The standard InChI is InChI=1S/C19H27NO/c1-13(2)10-14-6-8-15(9-7-14)19(21)11-18-17-5-3-4-16(17)12-20-18/h6-9,13,16-18,20H,3-5,10-12H2,1-2H3. The quantitative estimate of drug-likeness (QED) is 0.833. The third kappa shape index (κ3) is 3.37. The predicted octanol–water partition coefficient (Wildman–Crippen LogP) is 3.85. The van der Waals surface area contributed by atoms with Crippen molar-refractivity contribution in [2.75, 3.05) is 6.54 Å². The van der Waals surface area contributed by atoms with Crippen LogP contribution in [0.25, 0.3) is 0 Å². The summed E-state index contributed by atoms with van der Waals surface area (Å²) >= 11 is 0. The summed E-state index contributed by atoms with van der Waals surface area (Å²) in [5, 5.41) is 3.58. The molecule has 114 valence electrons. The number of hydrogen-bond donors (Lipinski definition) is 1. The number of fused-ring (bicyclic) bond motifs is 1. The normalized spacial score (nSPS) is 28.0. The Bertz CT molecular complexity index is 491. The molecule has 21 heavy (non-hydrogen) atoms. The SMILES string of the molecule is CC(C)Cc1ccc(C(=O)CC2NCC3CCCC32)cc1. The molecule has 0 aromatic heterocycles. The van der Waals surface area contributed by atoms with Crippen LogP contribution in [0.2, 0.25) is 0 Å². The van der Waals surface area contributed by atoms with Crippen LogP contribution in [0.3, 0.4) is 0 Å². The van der Waals surface area contributed by atoms with Gasteiger partial charge in [-0.15, -0.1) is 0 Å². The molecule has 1 N–H and O–H groups in total. The van der Waals surface area contributed by atoms with E-state index < -0.39 is 0 Å². The Labute approximate surface area is 128 Å². The second-order valence-electron chi connectivity index (χ2n) is 7.29. The number of rotatable bonds is 5. The maximum absolute atomic E-state index is 12.5. The van der Waals surface area contributed by atoms with Gasteiger partial charge >= 0.3 is 0 Å². The molecule has 3 rings (SSSR count). The Balaban J connectivity index is 1.60. The highest BCUT2D eigenvalue weighted by Crippen LogP contribution is 2.38. The van der Waals surface area contributed by atoms with Crippen LogP contribution >= 0.6 is 0 Å². The fourth-order valence-electron chi connectivity index (χ4n) is 4.14. The molecule has 0 radical (unpaired) electrons. The molecule has 3 unspecified atom stereocenters. The molecular weight excluding hydrogens is 258 g/mol. The minimum Gasteiger partial charge on any atom is -0.313 e. The van der Waals surface area contributed by atoms with Gasteiger partial charge in [-0.05, 0) is 49.1 Å². The third-order valence-corrected chi connectivity index (χ3v) is 5.20. The van der Waals surface area contributed by atoms with Crippen molar-refractivity contribution >= 4 is 5.78 Å². The van der Waals surface area contributed by atoms with E-state index >= 15 is 0 Å². The molecule has 1 heterocycles. The third-order valence-electron chi connectivity index (χ3n) is 5.20. The number of carbonyl (C=O) groups excluding carboxylic acids is 1. The van der Waals surface area contributed by atoms with Crippen LogP contribution in [0.1, 0.15) is 55.5 Å². The van der Waals surface area contributed by atoms with Gasteiger partial charge < -0.3 is 5.32 Å². The van der Waals surface area contributed by atoms with Gasteiger partial charge in [0.05, 0.1) is 0 Å². The van der Waals surface area contributed by atoms with Crippen LogP contribution in [0.5, 0.6) is 0 Å². The molecule has 1 saturated carbocycles. The molecule has 1 aromatic rings. The van der Waals surface area contributed by atoms with Crippen LogP contribution < -0.4 is 5.32 Å². The van der Waals surface area contributed by atoms with Gasteiger partial charge in [0.1, 0.15) is 0 Å². The fourth-order valence-corrected chi connectivity index (χ4v) is 4.14. The van der Waals surface area contributed by atoms with Gasteiger partial charge in [0.25, 0.3) is 0 Å². The molecule has 0 amide bonds. The van der Waals surface area contributed by atoms with Gasteiger partial charge in [0, 0.05) is 18.0 Å². The van der Waals surface area contributed by atoms with Gasteiger partial charge in [0.15, 0.2) is 5.78 Å². The lowest BCUT2D eigenvalue weighted by atomic mass is 9.89. The Hall–Kier alpha value is -1.15. The maximum atomic E-state index is 12.5. The van der Waals surface area contributed by atoms with Crippen molar-refractivity contribution < 1.29 is 4.79 Å². The first-order valence-corrected chi connectivity index (χ1v) is 8.49. The number of benzene rings is 1. The predicted molar refractivity (Wildman–Crippen MR) is 86.6 cm³/mol. The summed E-state index contributed by atoms with van der Waals surface area (Å²) in [7, 11) is 0. The molecule has 2 heteroatoms. The zero-order valence-corrected chi connectivity index (χ0v) is 13.3. The van der Waals surface area contributed by atoms with Gasteiger partial charge in [-0.25, -0.2) is 0 Å². The highest BCUT2D eigenvalue weighted by atomic mass is 16.1. The minimum absolute atomic E-state index is 0.302. The average Bonchev–Trinajstić information content (AvgIpc) is 3.04. The first kappa shape index (κ1) is 14.8. The molecule has 0 bridgehead atoms. The van der Waals surface area contributed by atoms with E-state index in [1.807, 2.05) is 12.1 Å². The van der Waals surface area contributed by atoms with E-state index in [0.717, 1.165) is 30.4 Å². The van der Waals surface area contributed by atoms with E-state index in [1.165, 1.54) is 24.8 Å².